The van der Waals surface area contributed by atoms with Crippen molar-refractivity contribution in [2.24, 2.45) is 5.92 Å². The summed E-state index contributed by atoms with van der Waals surface area (Å²) in [5.74, 6) is -4.44. The SMILES string of the molecule is COc1cc(O)c2c(c1C(=O)NCc1cccc(C)c1C)OC1=CC(=O)C(C(C)=O)C(=O)[C@]12C. The maximum Gasteiger partial charge on any atom is 0.259 e. The van der Waals surface area contributed by atoms with Gasteiger partial charge in [-0.2, -0.15) is 0 Å². The van der Waals surface area contributed by atoms with Gasteiger partial charge in [-0.1, -0.05) is 18.2 Å². The molecule has 1 heterocycles. The van der Waals surface area contributed by atoms with Crippen LogP contribution >= 0.6 is 0 Å². The zero-order valence-electron chi connectivity index (χ0n) is 19.6. The van der Waals surface area contributed by atoms with Crippen molar-refractivity contribution in [2.75, 3.05) is 7.11 Å². The summed E-state index contributed by atoms with van der Waals surface area (Å²) >= 11 is 0. The van der Waals surface area contributed by atoms with Gasteiger partial charge in [0, 0.05) is 18.7 Å². The summed E-state index contributed by atoms with van der Waals surface area (Å²) in [5, 5.41) is 13.6. The van der Waals surface area contributed by atoms with Gasteiger partial charge in [0.15, 0.2) is 17.3 Å². The number of ether oxygens (including phenoxy) is 2. The van der Waals surface area contributed by atoms with Gasteiger partial charge in [-0.15, -0.1) is 0 Å². The van der Waals surface area contributed by atoms with Gasteiger partial charge in [0.25, 0.3) is 5.91 Å². The van der Waals surface area contributed by atoms with Crippen molar-refractivity contribution in [3.05, 3.63) is 63.9 Å². The molecule has 0 bridgehead atoms. The Morgan fingerprint density at radius 3 is 2.59 bits per heavy atom. The number of phenolic OH excluding ortho intramolecular Hbond substituents is 1. The summed E-state index contributed by atoms with van der Waals surface area (Å²) in [5.41, 5.74) is 1.47. The first-order chi connectivity index (χ1) is 16.0. The molecule has 1 aliphatic heterocycles. The summed E-state index contributed by atoms with van der Waals surface area (Å²) < 4.78 is 11.2. The number of ketones is 3. The van der Waals surface area contributed by atoms with Crippen molar-refractivity contribution >= 4 is 23.3 Å². The van der Waals surface area contributed by atoms with Gasteiger partial charge in [0.05, 0.1) is 12.7 Å². The number of methoxy groups -OCH3 is 1. The molecule has 0 fully saturated rings. The van der Waals surface area contributed by atoms with E-state index in [9.17, 15) is 24.3 Å². The van der Waals surface area contributed by atoms with E-state index in [2.05, 4.69) is 5.32 Å². The quantitative estimate of drug-likeness (QED) is 0.655. The van der Waals surface area contributed by atoms with E-state index in [1.54, 1.807) is 0 Å². The standard InChI is InChI=1S/C26H25NO7/c1-12-7-6-8-15(13(12)2)11-27-25(32)21-18(33-5)9-17(30)22-23(21)34-19-10-16(29)20(14(3)28)24(31)26(19,22)4/h6-10,20,30H,11H2,1-5H3,(H,27,32)/t20?,26-/m1/s1. The first kappa shape index (κ1) is 23.2. The van der Waals surface area contributed by atoms with Crippen molar-refractivity contribution in [3.8, 4) is 17.2 Å². The van der Waals surface area contributed by atoms with E-state index in [1.807, 2.05) is 32.0 Å². The molecule has 0 saturated heterocycles. The third kappa shape index (κ3) is 3.29. The maximum absolute atomic E-state index is 13.3. The van der Waals surface area contributed by atoms with Crippen LogP contribution < -0.4 is 14.8 Å². The van der Waals surface area contributed by atoms with Gasteiger partial charge in [-0.25, -0.2) is 0 Å². The maximum atomic E-state index is 13.3. The Bertz CT molecular complexity index is 1310. The number of nitrogens with one attached hydrogen (secondary N) is 1. The van der Waals surface area contributed by atoms with Crippen LogP contribution in [-0.4, -0.2) is 35.5 Å². The second-order valence-electron chi connectivity index (χ2n) is 8.76. The van der Waals surface area contributed by atoms with Gasteiger partial charge >= 0.3 is 0 Å². The molecule has 0 aromatic heterocycles. The van der Waals surface area contributed by atoms with Crippen LogP contribution in [-0.2, 0) is 26.3 Å². The lowest BCUT2D eigenvalue weighted by Gasteiger charge is -2.30. The molecule has 1 unspecified atom stereocenters. The van der Waals surface area contributed by atoms with Gasteiger partial charge in [0.1, 0.15) is 39.9 Å². The number of carbonyl (C=O) groups excluding carboxylic acids is 4. The largest absolute Gasteiger partial charge is 0.507 e. The highest BCUT2D eigenvalue weighted by Gasteiger charge is 2.58. The number of amides is 1. The summed E-state index contributed by atoms with van der Waals surface area (Å²) in [7, 11) is 1.34. The number of hydrogen-bond acceptors (Lipinski definition) is 7. The number of rotatable bonds is 5. The molecular formula is C26H25NO7. The second kappa shape index (κ2) is 8.13. The lowest BCUT2D eigenvalue weighted by atomic mass is 9.67. The molecule has 176 valence electrons. The summed E-state index contributed by atoms with van der Waals surface area (Å²) in [4.78, 5) is 51.1. The van der Waals surface area contributed by atoms with Crippen LogP contribution in [0.1, 0.15) is 46.5 Å². The Kier molecular flexibility index (Phi) is 5.55. The molecule has 2 aromatic carbocycles. The molecule has 2 aliphatic rings. The highest BCUT2D eigenvalue weighted by atomic mass is 16.5. The monoisotopic (exact) mass is 463 g/mol. The normalized spacial score (nSPS) is 20.7. The van der Waals surface area contributed by atoms with Gasteiger partial charge in [-0.3, -0.25) is 19.2 Å². The average molecular weight is 463 g/mol. The van der Waals surface area contributed by atoms with E-state index in [-0.39, 0.29) is 40.7 Å². The number of carbonyl (C=O) groups is 4. The van der Waals surface area contributed by atoms with Crippen molar-refractivity contribution < 1.29 is 33.8 Å². The van der Waals surface area contributed by atoms with Crippen LogP contribution in [0, 0.1) is 19.8 Å². The van der Waals surface area contributed by atoms with E-state index in [0.717, 1.165) is 22.8 Å². The number of aromatic hydroxyl groups is 1. The summed E-state index contributed by atoms with van der Waals surface area (Å²) in [6.45, 7) is 6.81. The lowest BCUT2D eigenvalue weighted by molar-refractivity contribution is -0.140. The molecule has 0 radical (unpaired) electrons. The van der Waals surface area contributed by atoms with E-state index in [1.165, 1.54) is 27.0 Å². The number of hydrogen-bond donors (Lipinski definition) is 2. The Morgan fingerprint density at radius 2 is 1.94 bits per heavy atom. The fourth-order valence-corrected chi connectivity index (χ4v) is 4.62. The first-order valence-electron chi connectivity index (χ1n) is 10.8. The molecule has 8 heteroatoms. The van der Waals surface area contributed by atoms with Crippen LogP contribution in [0.25, 0.3) is 0 Å². The Hall–Kier alpha value is -3.94. The van der Waals surface area contributed by atoms with E-state index >= 15 is 0 Å². The number of benzene rings is 2. The predicted octanol–water partition coefficient (Wildman–Crippen LogP) is 2.84. The second-order valence-corrected chi connectivity index (χ2v) is 8.76. The minimum atomic E-state index is -1.60. The summed E-state index contributed by atoms with van der Waals surface area (Å²) in [6.07, 6.45) is 1.09. The highest BCUT2D eigenvalue weighted by Crippen LogP contribution is 2.56. The number of phenols is 1. The molecule has 0 saturated carbocycles. The molecule has 0 spiro atoms. The molecule has 1 aliphatic carbocycles. The van der Waals surface area contributed by atoms with Crippen LogP contribution in [0.5, 0.6) is 17.2 Å². The molecule has 34 heavy (non-hydrogen) atoms. The molecule has 8 nitrogen and oxygen atoms in total. The fraction of sp³-hybridized carbons (Fsp3) is 0.308. The Balaban J connectivity index is 1.81. The van der Waals surface area contributed by atoms with Crippen molar-refractivity contribution in [3.63, 3.8) is 0 Å². The zero-order chi connectivity index (χ0) is 24.9. The zero-order valence-corrected chi connectivity index (χ0v) is 19.6. The number of fused-ring (bicyclic) bond motifs is 3. The van der Waals surface area contributed by atoms with Crippen molar-refractivity contribution in [1.82, 2.24) is 5.32 Å². The summed E-state index contributed by atoms with van der Waals surface area (Å²) in [6, 6.07) is 7.02. The number of aryl methyl sites for hydroxylation is 1. The van der Waals surface area contributed by atoms with Crippen LogP contribution in [0.3, 0.4) is 0 Å². The van der Waals surface area contributed by atoms with Crippen LogP contribution in [0.2, 0.25) is 0 Å². The smallest absolute Gasteiger partial charge is 0.259 e. The molecular weight excluding hydrogens is 438 g/mol. The van der Waals surface area contributed by atoms with E-state index in [4.69, 9.17) is 9.47 Å². The van der Waals surface area contributed by atoms with Crippen LogP contribution in [0.15, 0.2) is 36.1 Å². The van der Waals surface area contributed by atoms with Gasteiger partial charge in [-0.05, 0) is 44.4 Å². The third-order valence-electron chi connectivity index (χ3n) is 6.75. The first-order valence-corrected chi connectivity index (χ1v) is 10.8. The molecule has 2 aromatic rings. The van der Waals surface area contributed by atoms with Crippen molar-refractivity contribution in [2.45, 2.75) is 39.7 Å². The topological polar surface area (TPSA) is 119 Å². The predicted molar refractivity (Wildman–Crippen MR) is 122 cm³/mol. The van der Waals surface area contributed by atoms with E-state index in [0.29, 0.717) is 0 Å². The molecule has 4 rings (SSSR count). The third-order valence-corrected chi connectivity index (χ3v) is 6.75. The lowest BCUT2D eigenvalue weighted by Crippen LogP contribution is -2.47. The highest BCUT2D eigenvalue weighted by molar-refractivity contribution is 6.27. The van der Waals surface area contributed by atoms with Crippen molar-refractivity contribution in [1.29, 1.82) is 0 Å². The minimum absolute atomic E-state index is 0.0169. The Morgan fingerprint density at radius 1 is 1.24 bits per heavy atom. The number of allylic oxidation sites excluding steroid dienone is 2. The molecule has 1 amide bonds. The fourth-order valence-electron chi connectivity index (χ4n) is 4.62. The molecule has 2 atom stereocenters. The number of Topliss-reactive ketones (excluding diaryl/α,β-unsaturated/α-hetero) is 2. The van der Waals surface area contributed by atoms with Gasteiger partial charge in [0.2, 0.25) is 0 Å². The average Bonchev–Trinajstić information content (AvgIpc) is 3.07. The van der Waals surface area contributed by atoms with E-state index < -0.39 is 34.6 Å². The Labute approximate surface area is 196 Å². The molecule has 2 N–H and O–H groups in total. The van der Waals surface area contributed by atoms with Crippen LogP contribution in [0.4, 0.5) is 0 Å². The van der Waals surface area contributed by atoms with Gasteiger partial charge < -0.3 is 19.9 Å². The minimum Gasteiger partial charge on any atom is -0.507 e.